The maximum atomic E-state index is 12.4. The summed E-state index contributed by atoms with van der Waals surface area (Å²) in [5.41, 5.74) is -0.189. The summed E-state index contributed by atoms with van der Waals surface area (Å²) in [5.74, 6) is 0.876. The first kappa shape index (κ1) is 23.4. The number of aliphatic imine (C=N–C) groups is 1. The highest BCUT2D eigenvalue weighted by molar-refractivity contribution is 7.90. The Hall–Kier alpha value is -0.910. The number of sulfone groups is 1. The molecule has 0 aromatic rings. The third kappa shape index (κ3) is 7.16. The van der Waals surface area contributed by atoms with Crippen LogP contribution < -0.4 is 5.32 Å². The SMILES string of the molecule is CN=C(NCC1(CS(C)(=O)=O)CC1)N1CCN(S(=O)(=O)CCOC(C)C)CC1. The number of nitrogens with zero attached hydrogens (tertiary/aromatic N) is 3. The van der Waals surface area contributed by atoms with Gasteiger partial charge in [-0.25, -0.2) is 16.8 Å². The molecule has 0 atom stereocenters. The monoisotopic (exact) mass is 438 g/mol. The molecule has 0 amide bonds. The van der Waals surface area contributed by atoms with Gasteiger partial charge < -0.3 is 15.0 Å². The van der Waals surface area contributed by atoms with E-state index < -0.39 is 19.9 Å². The van der Waals surface area contributed by atoms with Crippen molar-refractivity contribution in [1.82, 2.24) is 14.5 Å². The molecule has 1 saturated heterocycles. The van der Waals surface area contributed by atoms with Gasteiger partial charge in [0.05, 0.1) is 24.2 Å². The predicted octanol–water partition coefficient (Wildman–Crippen LogP) is -0.241. The van der Waals surface area contributed by atoms with Crippen LogP contribution in [0.5, 0.6) is 0 Å². The highest BCUT2D eigenvalue weighted by Gasteiger charge is 2.45. The van der Waals surface area contributed by atoms with Gasteiger partial charge in [-0.05, 0) is 26.7 Å². The molecule has 2 rings (SSSR count). The summed E-state index contributed by atoms with van der Waals surface area (Å²) < 4.78 is 55.0. The zero-order valence-corrected chi connectivity index (χ0v) is 19.0. The van der Waals surface area contributed by atoms with Gasteiger partial charge in [0.1, 0.15) is 9.84 Å². The number of ether oxygens (including phenoxy) is 1. The van der Waals surface area contributed by atoms with Crippen LogP contribution in [0.3, 0.4) is 0 Å². The first-order valence-electron chi connectivity index (χ1n) is 9.69. The molecule has 1 aliphatic carbocycles. The summed E-state index contributed by atoms with van der Waals surface area (Å²) in [7, 11) is -4.65. The highest BCUT2D eigenvalue weighted by atomic mass is 32.2. The van der Waals surface area contributed by atoms with E-state index in [2.05, 4.69) is 10.3 Å². The van der Waals surface area contributed by atoms with Gasteiger partial charge in [0, 0.05) is 51.4 Å². The van der Waals surface area contributed by atoms with Crippen LogP contribution in [0.4, 0.5) is 0 Å². The number of hydrogen-bond acceptors (Lipinski definition) is 6. The van der Waals surface area contributed by atoms with E-state index >= 15 is 0 Å². The van der Waals surface area contributed by atoms with Crippen LogP contribution in [0, 0.1) is 5.41 Å². The molecular formula is C17H34N4O5S2. The number of rotatable bonds is 9. The van der Waals surface area contributed by atoms with Crippen LogP contribution in [0.15, 0.2) is 4.99 Å². The Morgan fingerprint density at radius 1 is 1.14 bits per heavy atom. The molecule has 1 heterocycles. The molecule has 2 aliphatic rings. The minimum atomic E-state index is -3.33. The van der Waals surface area contributed by atoms with E-state index in [-0.39, 0.29) is 29.6 Å². The Bertz CT molecular complexity index is 752. The van der Waals surface area contributed by atoms with Crippen molar-refractivity contribution in [3.8, 4) is 0 Å². The van der Waals surface area contributed by atoms with Crippen molar-refractivity contribution < 1.29 is 21.6 Å². The molecule has 28 heavy (non-hydrogen) atoms. The summed E-state index contributed by atoms with van der Waals surface area (Å²) in [6, 6.07) is 0. The maximum absolute atomic E-state index is 12.4. The van der Waals surface area contributed by atoms with Crippen LogP contribution in [0.1, 0.15) is 26.7 Å². The quantitative estimate of drug-likeness (QED) is 0.391. The van der Waals surface area contributed by atoms with Crippen molar-refractivity contribution in [2.75, 3.05) is 64.1 Å². The largest absolute Gasteiger partial charge is 0.378 e. The van der Waals surface area contributed by atoms with Crippen molar-refractivity contribution in [1.29, 1.82) is 0 Å². The topological polar surface area (TPSA) is 108 Å². The normalized spacial score (nSPS) is 21.2. The molecule has 1 N–H and O–H groups in total. The van der Waals surface area contributed by atoms with Gasteiger partial charge in [0.2, 0.25) is 10.0 Å². The van der Waals surface area contributed by atoms with E-state index in [9.17, 15) is 16.8 Å². The fourth-order valence-electron chi connectivity index (χ4n) is 3.40. The lowest BCUT2D eigenvalue weighted by atomic mass is 10.1. The van der Waals surface area contributed by atoms with Crippen molar-refractivity contribution in [2.45, 2.75) is 32.8 Å². The van der Waals surface area contributed by atoms with E-state index in [4.69, 9.17) is 4.74 Å². The summed E-state index contributed by atoms with van der Waals surface area (Å²) in [6.45, 7) is 6.42. The van der Waals surface area contributed by atoms with Crippen molar-refractivity contribution in [2.24, 2.45) is 10.4 Å². The smallest absolute Gasteiger partial charge is 0.216 e. The molecule has 1 aliphatic heterocycles. The lowest BCUT2D eigenvalue weighted by molar-refractivity contribution is 0.0904. The van der Waals surface area contributed by atoms with Crippen LogP contribution in [-0.2, 0) is 24.6 Å². The number of hydrogen-bond donors (Lipinski definition) is 1. The standard InChI is InChI=1S/C17H34N4O5S2/c1-15(2)26-11-12-28(24,25)21-9-7-20(8-10-21)16(18-3)19-13-17(5-6-17)14-27(4,22)23/h15H,5-14H2,1-4H3,(H,18,19). The number of guanidine groups is 1. The second-order valence-corrected chi connectivity index (χ2v) is 12.3. The fraction of sp³-hybridized carbons (Fsp3) is 0.941. The molecule has 0 bridgehead atoms. The molecule has 2 fully saturated rings. The molecule has 0 aromatic carbocycles. The van der Waals surface area contributed by atoms with Gasteiger partial charge in [-0.2, -0.15) is 4.31 Å². The lowest BCUT2D eigenvalue weighted by Gasteiger charge is -2.36. The van der Waals surface area contributed by atoms with E-state index in [0.29, 0.717) is 38.7 Å². The van der Waals surface area contributed by atoms with Gasteiger partial charge in [0.25, 0.3) is 0 Å². The maximum Gasteiger partial charge on any atom is 0.216 e. The molecule has 11 heteroatoms. The third-order valence-corrected chi connectivity index (χ3v) is 8.05. The Morgan fingerprint density at radius 3 is 2.21 bits per heavy atom. The van der Waals surface area contributed by atoms with Crippen molar-refractivity contribution in [3.63, 3.8) is 0 Å². The number of nitrogens with one attached hydrogen (secondary N) is 1. The summed E-state index contributed by atoms with van der Waals surface area (Å²) in [6.07, 6.45) is 3.08. The molecule has 0 unspecified atom stereocenters. The zero-order chi connectivity index (χ0) is 21.0. The molecule has 9 nitrogen and oxygen atoms in total. The van der Waals surface area contributed by atoms with Crippen LogP contribution in [0.2, 0.25) is 0 Å². The Balaban J connectivity index is 1.82. The second kappa shape index (κ2) is 9.27. The van der Waals surface area contributed by atoms with Gasteiger partial charge >= 0.3 is 0 Å². The minimum Gasteiger partial charge on any atom is -0.378 e. The predicted molar refractivity (Wildman–Crippen MR) is 111 cm³/mol. The molecular weight excluding hydrogens is 404 g/mol. The van der Waals surface area contributed by atoms with Crippen LogP contribution >= 0.6 is 0 Å². The average molecular weight is 439 g/mol. The number of piperazine rings is 1. The van der Waals surface area contributed by atoms with Crippen molar-refractivity contribution in [3.05, 3.63) is 0 Å². The van der Waals surface area contributed by atoms with Crippen molar-refractivity contribution >= 4 is 25.8 Å². The molecule has 0 spiro atoms. The van der Waals surface area contributed by atoms with Gasteiger partial charge in [-0.3, -0.25) is 4.99 Å². The summed E-state index contributed by atoms with van der Waals surface area (Å²) in [5, 5.41) is 3.29. The number of sulfonamides is 1. The first-order chi connectivity index (χ1) is 13.0. The van der Waals surface area contributed by atoms with E-state index in [1.165, 1.54) is 10.6 Å². The molecule has 0 radical (unpaired) electrons. The van der Waals surface area contributed by atoms with Crippen LogP contribution in [0.25, 0.3) is 0 Å². The molecule has 164 valence electrons. The zero-order valence-electron chi connectivity index (χ0n) is 17.3. The average Bonchev–Trinajstić information content (AvgIpc) is 3.33. The van der Waals surface area contributed by atoms with E-state index in [1.807, 2.05) is 18.7 Å². The lowest BCUT2D eigenvalue weighted by Crippen LogP contribution is -2.54. The van der Waals surface area contributed by atoms with Gasteiger partial charge in [-0.1, -0.05) is 0 Å². The Morgan fingerprint density at radius 2 is 1.75 bits per heavy atom. The van der Waals surface area contributed by atoms with Gasteiger partial charge in [-0.15, -0.1) is 0 Å². The fourth-order valence-corrected chi connectivity index (χ4v) is 6.19. The molecule has 0 aromatic heterocycles. The molecule has 1 saturated carbocycles. The third-order valence-electron chi connectivity index (χ3n) is 5.08. The Labute approximate surface area is 169 Å². The highest BCUT2D eigenvalue weighted by Crippen LogP contribution is 2.46. The summed E-state index contributed by atoms with van der Waals surface area (Å²) in [4.78, 5) is 6.31. The first-order valence-corrected chi connectivity index (χ1v) is 13.4. The van der Waals surface area contributed by atoms with E-state index in [1.54, 1.807) is 7.05 Å². The second-order valence-electron chi connectivity index (χ2n) is 8.09. The minimum absolute atomic E-state index is 0.00777. The van der Waals surface area contributed by atoms with Gasteiger partial charge in [0.15, 0.2) is 5.96 Å². The summed E-state index contributed by atoms with van der Waals surface area (Å²) >= 11 is 0. The van der Waals surface area contributed by atoms with E-state index in [0.717, 1.165) is 12.8 Å². The van der Waals surface area contributed by atoms with Crippen LogP contribution in [-0.4, -0.2) is 102 Å². The Kier molecular flexibility index (Phi) is 7.74.